The number of nitrogens with zero attached hydrogens (tertiary/aromatic N) is 3. The molecule has 0 radical (unpaired) electrons. The van der Waals surface area contributed by atoms with Crippen molar-refractivity contribution < 1.29 is 4.79 Å². The molecule has 0 fully saturated rings. The largest absolute Gasteiger partial charge is 0.345 e. The fourth-order valence-corrected chi connectivity index (χ4v) is 1.69. The van der Waals surface area contributed by atoms with Gasteiger partial charge in [0.1, 0.15) is 12.0 Å². The average molecular weight is 224 g/mol. The zero-order chi connectivity index (χ0) is 11.7. The van der Waals surface area contributed by atoms with Crippen molar-refractivity contribution in [1.82, 2.24) is 19.9 Å². The highest BCUT2D eigenvalue weighted by atomic mass is 16.1. The van der Waals surface area contributed by atoms with Crippen LogP contribution in [-0.4, -0.2) is 26.2 Å². The second-order valence-corrected chi connectivity index (χ2v) is 3.58. The lowest BCUT2D eigenvalue weighted by Crippen LogP contribution is -1.91. The van der Waals surface area contributed by atoms with Crippen LogP contribution in [0.1, 0.15) is 10.5 Å². The third-order valence-electron chi connectivity index (χ3n) is 2.52. The SMILES string of the molecule is O=Cc1cc(-c2ccc3nc[nH]c3c2)ncn1. The number of aldehydes is 1. The summed E-state index contributed by atoms with van der Waals surface area (Å²) >= 11 is 0. The van der Waals surface area contributed by atoms with Gasteiger partial charge in [0, 0.05) is 5.56 Å². The highest BCUT2D eigenvalue weighted by Crippen LogP contribution is 2.20. The summed E-state index contributed by atoms with van der Waals surface area (Å²) < 4.78 is 0. The van der Waals surface area contributed by atoms with Crippen LogP contribution in [-0.2, 0) is 0 Å². The van der Waals surface area contributed by atoms with E-state index in [9.17, 15) is 4.79 Å². The van der Waals surface area contributed by atoms with Gasteiger partial charge in [0.25, 0.3) is 0 Å². The van der Waals surface area contributed by atoms with Gasteiger partial charge < -0.3 is 4.98 Å². The van der Waals surface area contributed by atoms with E-state index in [0.717, 1.165) is 22.3 Å². The van der Waals surface area contributed by atoms with Crippen LogP contribution in [0.4, 0.5) is 0 Å². The number of nitrogens with one attached hydrogen (secondary N) is 1. The fraction of sp³-hybridized carbons (Fsp3) is 0. The Balaban J connectivity index is 2.15. The molecule has 2 heterocycles. The number of carbonyl (C=O) groups excluding carboxylic acids is 1. The van der Waals surface area contributed by atoms with E-state index in [1.165, 1.54) is 6.33 Å². The Bertz CT molecular complexity index is 690. The van der Waals surface area contributed by atoms with E-state index in [1.807, 2.05) is 18.2 Å². The molecule has 0 unspecified atom stereocenters. The Morgan fingerprint density at radius 3 is 2.94 bits per heavy atom. The number of hydrogen-bond acceptors (Lipinski definition) is 4. The number of rotatable bonds is 2. The quantitative estimate of drug-likeness (QED) is 0.674. The third kappa shape index (κ3) is 1.67. The molecule has 0 saturated carbocycles. The monoisotopic (exact) mass is 224 g/mol. The maximum absolute atomic E-state index is 10.7. The highest BCUT2D eigenvalue weighted by Gasteiger charge is 2.03. The second kappa shape index (κ2) is 3.79. The van der Waals surface area contributed by atoms with E-state index in [4.69, 9.17) is 0 Å². The van der Waals surface area contributed by atoms with Crippen molar-refractivity contribution in [3.8, 4) is 11.3 Å². The van der Waals surface area contributed by atoms with Crippen LogP contribution in [0.3, 0.4) is 0 Å². The Morgan fingerprint density at radius 1 is 1.12 bits per heavy atom. The lowest BCUT2D eigenvalue weighted by Gasteiger charge is -2.00. The van der Waals surface area contributed by atoms with Gasteiger partial charge in [-0.3, -0.25) is 4.79 Å². The molecular weight excluding hydrogens is 216 g/mol. The van der Waals surface area contributed by atoms with Gasteiger partial charge in [0.2, 0.25) is 0 Å². The molecule has 0 aliphatic rings. The first-order valence-electron chi connectivity index (χ1n) is 5.07. The maximum Gasteiger partial charge on any atom is 0.168 e. The van der Waals surface area contributed by atoms with Crippen molar-refractivity contribution >= 4 is 17.3 Å². The average Bonchev–Trinajstić information content (AvgIpc) is 2.86. The fourth-order valence-electron chi connectivity index (χ4n) is 1.69. The van der Waals surface area contributed by atoms with E-state index >= 15 is 0 Å². The Hall–Kier alpha value is -2.56. The highest BCUT2D eigenvalue weighted by molar-refractivity contribution is 5.81. The van der Waals surface area contributed by atoms with Gasteiger partial charge in [-0.25, -0.2) is 15.0 Å². The minimum atomic E-state index is 0.375. The van der Waals surface area contributed by atoms with Crippen molar-refractivity contribution in [3.63, 3.8) is 0 Å². The number of H-pyrrole nitrogens is 1. The van der Waals surface area contributed by atoms with Crippen molar-refractivity contribution in [2.24, 2.45) is 0 Å². The molecule has 0 bridgehead atoms. The van der Waals surface area contributed by atoms with Crippen LogP contribution in [0.15, 0.2) is 36.9 Å². The molecule has 0 aliphatic carbocycles. The molecule has 5 nitrogen and oxygen atoms in total. The third-order valence-corrected chi connectivity index (χ3v) is 2.52. The first-order valence-corrected chi connectivity index (χ1v) is 5.07. The summed E-state index contributed by atoms with van der Waals surface area (Å²) in [5.74, 6) is 0. The number of fused-ring (bicyclic) bond motifs is 1. The van der Waals surface area contributed by atoms with Crippen LogP contribution < -0.4 is 0 Å². The van der Waals surface area contributed by atoms with Gasteiger partial charge in [-0.1, -0.05) is 6.07 Å². The van der Waals surface area contributed by atoms with E-state index in [1.54, 1.807) is 12.4 Å². The maximum atomic E-state index is 10.7. The first-order chi connectivity index (χ1) is 8.36. The van der Waals surface area contributed by atoms with Gasteiger partial charge in [-0.2, -0.15) is 0 Å². The van der Waals surface area contributed by atoms with E-state index in [0.29, 0.717) is 12.0 Å². The smallest absolute Gasteiger partial charge is 0.168 e. The first kappa shape index (κ1) is 9.65. The minimum absolute atomic E-state index is 0.375. The molecule has 0 amide bonds. The number of hydrogen-bond donors (Lipinski definition) is 1. The molecule has 5 heteroatoms. The molecule has 3 aromatic rings. The summed E-state index contributed by atoms with van der Waals surface area (Å²) in [6.45, 7) is 0. The molecule has 2 aromatic heterocycles. The molecule has 3 rings (SSSR count). The van der Waals surface area contributed by atoms with Crippen molar-refractivity contribution in [2.75, 3.05) is 0 Å². The van der Waals surface area contributed by atoms with Crippen molar-refractivity contribution in [3.05, 3.63) is 42.6 Å². The summed E-state index contributed by atoms with van der Waals surface area (Å²) in [5.41, 5.74) is 3.86. The predicted octanol–water partition coefficient (Wildman–Crippen LogP) is 1.83. The summed E-state index contributed by atoms with van der Waals surface area (Å²) in [7, 11) is 0. The molecule has 82 valence electrons. The zero-order valence-corrected chi connectivity index (χ0v) is 8.79. The topological polar surface area (TPSA) is 71.5 Å². The number of aromatic nitrogens is 4. The molecule has 0 atom stereocenters. The molecule has 0 aliphatic heterocycles. The van der Waals surface area contributed by atoms with Gasteiger partial charge >= 0.3 is 0 Å². The minimum Gasteiger partial charge on any atom is -0.345 e. The van der Waals surface area contributed by atoms with Gasteiger partial charge in [-0.15, -0.1) is 0 Å². The number of carbonyl (C=O) groups is 1. The van der Waals surface area contributed by atoms with Crippen LogP contribution in [0.25, 0.3) is 22.3 Å². The number of aromatic amines is 1. The summed E-state index contributed by atoms with van der Waals surface area (Å²) in [6, 6.07) is 7.42. The van der Waals surface area contributed by atoms with Crippen molar-refractivity contribution in [2.45, 2.75) is 0 Å². The molecule has 1 N–H and O–H groups in total. The number of benzene rings is 1. The van der Waals surface area contributed by atoms with Gasteiger partial charge in [0.05, 0.1) is 23.1 Å². The Labute approximate surface area is 96.6 Å². The summed E-state index contributed by atoms with van der Waals surface area (Å²) in [6.07, 6.45) is 3.74. The van der Waals surface area contributed by atoms with Crippen molar-refractivity contribution in [1.29, 1.82) is 0 Å². The van der Waals surface area contributed by atoms with Crippen LogP contribution in [0.5, 0.6) is 0 Å². The van der Waals surface area contributed by atoms with Crippen LogP contribution in [0, 0.1) is 0 Å². The number of imidazole rings is 1. The van der Waals surface area contributed by atoms with Gasteiger partial charge in [-0.05, 0) is 18.2 Å². The zero-order valence-electron chi connectivity index (χ0n) is 8.79. The lowest BCUT2D eigenvalue weighted by molar-refractivity contribution is 0.111. The van der Waals surface area contributed by atoms with E-state index < -0.39 is 0 Å². The Kier molecular flexibility index (Phi) is 2.15. The molecule has 0 spiro atoms. The standard InChI is InChI=1S/C12H8N4O/c17-5-9-4-11(15-6-13-9)8-1-2-10-12(3-8)16-7-14-10/h1-7H,(H,14,16). The normalized spacial score (nSPS) is 10.6. The lowest BCUT2D eigenvalue weighted by atomic mass is 10.1. The molecular formula is C12H8N4O. The Morgan fingerprint density at radius 2 is 2.06 bits per heavy atom. The summed E-state index contributed by atoms with van der Waals surface area (Å²) in [5, 5.41) is 0. The molecule has 17 heavy (non-hydrogen) atoms. The van der Waals surface area contributed by atoms with E-state index in [-0.39, 0.29) is 0 Å². The second-order valence-electron chi connectivity index (χ2n) is 3.58. The predicted molar refractivity (Wildman–Crippen MR) is 62.5 cm³/mol. The van der Waals surface area contributed by atoms with Crippen LogP contribution in [0.2, 0.25) is 0 Å². The summed E-state index contributed by atoms with van der Waals surface area (Å²) in [4.78, 5) is 25.8. The molecule has 1 aromatic carbocycles. The van der Waals surface area contributed by atoms with E-state index in [2.05, 4.69) is 19.9 Å². The van der Waals surface area contributed by atoms with Crippen LogP contribution >= 0.6 is 0 Å². The van der Waals surface area contributed by atoms with Gasteiger partial charge in [0.15, 0.2) is 6.29 Å². The molecule has 0 saturated heterocycles.